The van der Waals surface area contributed by atoms with Gasteiger partial charge in [-0.05, 0) is 48.6 Å². The minimum Gasteiger partial charge on any atom is -0.376 e. The minimum absolute atomic E-state index is 0.0428. The summed E-state index contributed by atoms with van der Waals surface area (Å²) in [5.74, 6) is -0.0428. The van der Waals surface area contributed by atoms with Crippen LogP contribution in [0.15, 0.2) is 47.5 Å². The number of nitrogens with zero attached hydrogens (tertiary/aromatic N) is 2. The molecule has 0 saturated carbocycles. The molecule has 5 rings (SSSR count). The summed E-state index contributed by atoms with van der Waals surface area (Å²) in [4.78, 5) is 15.5. The number of hydrogen-bond donors (Lipinski definition) is 0. The van der Waals surface area contributed by atoms with Crippen LogP contribution in [0, 0.1) is 0 Å². The topological polar surface area (TPSA) is 34.5 Å². The van der Waals surface area contributed by atoms with Crippen LogP contribution in [0.4, 0.5) is 0 Å². The first-order chi connectivity index (χ1) is 16.4. The normalized spacial score (nSPS) is 19.8. The van der Waals surface area contributed by atoms with E-state index in [9.17, 15) is 4.79 Å². The zero-order chi connectivity index (χ0) is 23.8. The lowest BCUT2D eigenvalue weighted by atomic mass is 10.1. The second-order valence-corrected chi connectivity index (χ2v) is 11.1. The number of ether oxygens (including phenoxy) is 1. The van der Waals surface area contributed by atoms with E-state index < -0.39 is 0 Å². The number of thioether (sulfide) groups is 1. The van der Waals surface area contributed by atoms with Crippen molar-refractivity contribution in [3.05, 3.63) is 74.2 Å². The van der Waals surface area contributed by atoms with Gasteiger partial charge in [-0.3, -0.25) is 9.69 Å². The van der Waals surface area contributed by atoms with Gasteiger partial charge in [0, 0.05) is 40.3 Å². The van der Waals surface area contributed by atoms with Crippen molar-refractivity contribution in [2.45, 2.75) is 38.8 Å². The molecule has 2 aliphatic heterocycles. The molecule has 0 spiro atoms. The molecule has 1 aromatic heterocycles. The Hall–Kier alpha value is -1.83. The monoisotopic (exact) mass is 530 g/mol. The molecule has 1 amide bonds. The van der Waals surface area contributed by atoms with Gasteiger partial charge in [0.15, 0.2) is 0 Å². The summed E-state index contributed by atoms with van der Waals surface area (Å²) < 4.78 is 8.53. The molecule has 4 nitrogen and oxygen atoms in total. The predicted molar refractivity (Wildman–Crippen MR) is 146 cm³/mol. The molecule has 2 aromatic carbocycles. The maximum atomic E-state index is 13.2. The SMILES string of the molecule is CCc1cccc2c(/C=C3\SC(=S)N(C[C@H]4CCCO4)C3=O)cn(Cc3ccc(Cl)cc3Cl)c12. The van der Waals surface area contributed by atoms with E-state index in [1.807, 2.05) is 18.2 Å². The van der Waals surface area contributed by atoms with Gasteiger partial charge in [-0.1, -0.05) is 78.4 Å². The van der Waals surface area contributed by atoms with E-state index in [1.165, 1.54) is 17.3 Å². The quantitative estimate of drug-likeness (QED) is 0.255. The molecule has 2 fully saturated rings. The highest BCUT2D eigenvalue weighted by Crippen LogP contribution is 2.36. The van der Waals surface area contributed by atoms with Crippen molar-refractivity contribution in [1.82, 2.24) is 9.47 Å². The largest absolute Gasteiger partial charge is 0.376 e. The summed E-state index contributed by atoms with van der Waals surface area (Å²) >= 11 is 19.5. The molecule has 0 unspecified atom stereocenters. The van der Waals surface area contributed by atoms with E-state index in [4.69, 9.17) is 40.2 Å². The maximum Gasteiger partial charge on any atom is 0.266 e. The Labute approximate surface area is 218 Å². The molecule has 176 valence electrons. The van der Waals surface area contributed by atoms with E-state index in [0.717, 1.165) is 47.9 Å². The summed E-state index contributed by atoms with van der Waals surface area (Å²) in [6, 6.07) is 11.9. The molecule has 2 aliphatic rings. The fraction of sp³-hybridized carbons (Fsp3) is 0.308. The number of aryl methyl sites for hydroxylation is 1. The van der Waals surface area contributed by atoms with Gasteiger partial charge in [-0.2, -0.15) is 0 Å². The Bertz CT molecular complexity index is 1310. The van der Waals surface area contributed by atoms with Gasteiger partial charge >= 0.3 is 0 Å². The van der Waals surface area contributed by atoms with Crippen molar-refractivity contribution in [3.8, 4) is 0 Å². The maximum absolute atomic E-state index is 13.2. The number of carbonyl (C=O) groups excluding carboxylic acids is 1. The minimum atomic E-state index is -0.0428. The second kappa shape index (κ2) is 10.0. The van der Waals surface area contributed by atoms with E-state index >= 15 is 0 Å². The average molecular weight is 532 g/mol. The van der Waals surface area contributed by atoms with Crippen LogP contribution in [0.2, 0.25) is 10.0 Å². The summed E-state index contributed by atoms with van der Waals surface area (Å²) in [5, 5.41) is 2.36. The predicted octanol–water partition coefficient (Wildman–Crippen LogP) is 6.94. The van der Waals surface area contributed by atoms with Crippen molar-refractivity contribution in [2.75, 3.05) is 13.2 Å². The fourth-order valence-electron chi connectivity index (χ4n) is 4.61. The Balaban J connectivity index is 1.52. The van der Waals surface area contributed by atoms with Gasteiger partial charge in [0.2, 0.25) is 0 Å². The lowest BCUT2D eigenvalue weighted by Gasteiger charge is -2.18. The summed E-state index contributed by atoms with van der Waals surface area (Å²) in [5.41, 5.74) is 4.38. The van der Waals surface area contributed by atoms with Crippen LogP contribution in [0.1, 0.15) is 36.5 Å². The van der Waals surface area contributed by atoms with Crippen molar-refractivity contribution in [1.29, 1.82) is 0 Å². The van der Waals surface area contributed by atoms with Gasteiger partial charge in [0.25, 0.3) is 5.91 Å². The first-order valence-electron chi connectivity index (χ1n) is 11.4. The summed E-state index contributed by atoms with van der Waals surface area (Å²) in [6.45, 7) is 4.04. The lowest BCUT2D eigenvalue weighted by Crippen LogP contribution is -2.35. The zero-order valence-electron chi connectivity index (χ0n) is 18.7. The molecule has 1 atom stereocenters. The van der Waals surface area contributed by atoms with E-state index in [1.54, 1.807) is 11.0 Å². The molecule has 34 heavy (non-hydrogen) atoms. The van der Waals surface area contributed by atoms with Gasteiger partial charge in [-0.15, -0.1) is 0 Å². The van der Waals surface area contributed by atoms with Gasteiger partial charge in [-0.25, -0.2) is 0 Å². The smallest absolute Gasteiger partial charge is 0.266 e. The summed E-state index contributed by atoms with van der Waals surface area (Å²) in [6.07, 6.45) is 7.04. The third-order valence-electron chi connectivity index (χ3n) is 6.32. The second-order valence-electron chi connectivity index (χ2n) is 8.54. The first kappa shape index (κ1) is 23.9. The number of carbonyl (C=O) groups is 1. The number of fused-ring (bicyclic) bond motifs is 1. The average Bonchev–Trinajstić information content (AvgIpc) is 3.52. The fourth-order valence-corrected chi connectivity index (χ4v) is 6.35. The van der Waals surface area contributed by atoms with Gasteiger partial charge in [0.1, 0.15) is 4.32 Å². The van der Waals surface area contributed by atoms with Crippen molar-refractivity contribution in [3.63, 3.8) is 0 Å². The Kier molecular flexibility index (Phi) is 7.05. The van der Waals surface area contributed by atoms with E-state index in [0.29, 0.717) is 32.4 Å². The van der Waals surface area contributed by atoms with Crippen LogP contribution in [-0.2, 0) is 22.5 Å². The van der Waals surface area contributed by atoms with Crippen LogP contribution in [0.3, 0.4) is 0 Å². The Morgan fingerprint density at radius 3 is 2.82 bits per heavy atom. The molecule has 3 heterocycles. The van der Waals surface area contributed by atoms with E-state index in [-0.39, 0.29) is 12.0 Å². The van der Waals surface area contributed by atoms with E-state index in [2.05, 4.69) is 35.9 Å². The molecule has 0 radical (unpaired) electrons. The molecule has 0 aliphatic carbocycles. The number of halogens is 2. The Morgan fingerprint density at radius 2 is 2.09 bits per heavy atom. The molecule has 0 bridgehead atoms. The molecule has 3 aromatic rings. The highest BCUT2D eigenvalue weighted by Gasteiger charge is 2.34. The van der Waals surface area contributed by atoms with Crippen LogP contribution in [0.25, 0.3) is 17.0 Å². The van der Waals surface area contributed by atoms with Crippen molar-refractivity contribution >= 4 is 74.4 Å². The standard InChI is InChI=1S/C26H24Cl2N2O2S2/c1-2-16-5-3-7-21-18(14-29(24(16)21)13-17-8-9-19(27)12-22(17)28)11-23-25(31)30(26(33)34-23)15-20-6-4-10-32-20/h3,5,7-9,11-12,14,20H,2,4,6,10,13,15H2,1H3/b23-11-/t20-/m1/s1. The number of para-hydroxylation sites is 1. The van der Waals surface area contributed by atoms with Crippen LogP contribution >= 0.6 is 47.2 Å². The van der Waals surface area contributed by atoms with Gasteiger partial charge in [0.05, 0.1) is 23.1 Å². The summed E-state index contributed by atoms with van der Waals surface area (Å²) in [7, 11) is 0. The van der Waals surface area contributed by atoms with Gasteiger partial charge < -0.3 is 9.30 Å². The molecular weight excluding hydrogens is 507 g/mol. The van der Waals surface area contributed by atoms with Crippen molar-refractivity contribution in [2.24, 2.45) is 0 Å². The number of amides is 1. The Morgan fingerprint density at radius 1 is 1.24 bits per heavy atom. The third kappa shape index (κ3) is 4.67. The molecule has 0 N–H and O–H groups in total. The number of hydrogen-bond acceptors (Lipinski definition) is 4. The highest BCUT2D eigenvalue weighted by molar-refractivity contribution is 8.26. The van der Waals surface area contributed by atoms with Crippen LogP contribution in [0.5, 0.6) is 0 Å². The zero-order valence-corrected chi connectivity index (χ0v) is 21.9. The third-order valence-corrected chi connectivity index (χ3v) is 8.28. The molecular formula is C26H24Cl2N2O2S2. The number of thiocarbonyl (C=S) groups is 1. The molecule has 2 saturated heterocycles. The lowest BCUT2D eigenvalue weighted by molar-refractivity contribution is -0.123. The van der Waals surface area contributed by atoms with Crippen molar-refractivity contribution < 1.29 is 9.53 Å². The molecule has 8 heteroatoms. The first-order valence-corrected chi connectivity index (χ1v) is 13.3. The van der Waals surface area contributed by atoms with Crippen LogP contribution in [-0.4, -0.2) is 39.0 Å². The number of rotatable bonds is 6. The number of aromatic nitrogens is 1. The number of benzene rings is 2. The highest BCUT2D eigenvalue weighted by atomic mass is 35.5. The van der Waals surface area contributed by atoms with Crippen LogP contribution < -0.4 is 0 Å².